The van der Waals surface area contributed by atoms with Gasteiger partial charge in [-0.25, -0.2) is 4.98 Å². The van der Waals surface area contributed by atoms with Crippen LogP contribution in [0.2, 0.25) is 0 Å². The number of hydrogen-bond acceptors (Lipinski definition) is 5. The lowest BCUT2D eigenvalue weighted by molar-refractivity contribution is -0.114. The van der Waals surface area contributed by atoms with E-state index >= 15 is 0 Å². The van der Waals surface area contributed by atoms with Gasteiger partial charge in [-0.05, 0) is 12.1 Å². The molecule has 0 spiro atoms. The number of carbonyl (C=O) groups is 1. The van der Waals surface area contributed by atoms with Crippen molar-refractivity contribution in [3.8, 4) is 22.8 Å². The van der Waals surface area contributed by atoms with Crippen molar-refractivity contribution in [3.63, 3.8) is 0 Å². The minimum absolute atomic E-state index is 0.232. The minimum atomic E-state index is -0.232. The molecule has 0 saturated heterocycles. The van der Waals surface area contributed by atoms with Gasteiger partial charge in [0, 0.05) is 18.6 Å². The van der Waals surface area contributed by atoms with Crippen LogP contribution in [0.4, 0.5) is 5.95 Å². The highest BCUT2D eigenvalue weighted by Crippen LogP contribution is 2.23. The lowest BCUT2D eigenvalue weighted by Crippen LogP contribution is -2.13. The van der Waals surface area contributed by atoms with E-state index in [2.05, 4.69) is 20.4 Å². The van der Waals surface area contributed by atoms with E-state index in [0.717, 1.165) is 5.56 Å². The zero-order valence-electron chi connectivity index (χ0n) is 12.8. The summed E-state index contributed by atoms with van der Waals surface area (Å²) in [6.07, 6.45) is 1.58. The van der Waals surface area contributed by atoms with Crippen molar-refractivity contribution in [3.05, 3.63) is 54.8 Å². The number of carbonyl (C=O) groups excluding carboxylic acids is 1. The summed E-state index contributed by atoms with van der Waals surface area (Å²) >= 11 is 0. The summed E-state index contributed by atoms with van der Waals surface area (Å²) in [5.74, 6) is 1.21. The molecule has 7 nitrogen and oxygen atoms in total. The Kier molecular flexibility index (Phi) is 3.31. The maximum absolute atomic E-state index is 11.5. The Bertz CT molecular complexity index is 1010. The van der Waals surface area contributed by atoms with E-state index < -0.39 is 0 Å². The molecular weight excluding hydrogens is 306 g/mol. The van der Waals surface area contributed by atoms with Gasteiger partial charge < -0.3 is 4.42 Å². The third kappa shape index (κ3) is 2.52. The molecule has 4 aromatic rings. The maximum atomic E-state index is 11.5. The first-order chi connectivity index (χ1) is 11.7. The highest BCUT2D eigenvalue weighted by atomic mass is 16.3. The summed E-state index contributed by atoms with van der Waals surface area (Å²) in [7, 11) is 0. The molecule has 3 heterocycles. The molecule has 0 fully saturated rings. The predicted octanol–water partition coefficient (Wildman–Crippen LogP) is 3.01. The molecule has 0 aliphatic heterocycles. The third-order valence-corrected chi connectivity index (χ3v) is 3.42. The van der Waals surface area contributed by atoms with Crippen LogP contribution in [0.5, 0.6) is 0 Å². The number of fused-ring (bicyclic) bond motifs is 1. The number of furan rings is 1. The largest absolute Gasteiger partial charge is 0.463 e. The minimum Gasteiger partial charge on any atom is -0.463 e. The zero-order valence-corrected chi connectivity index (χ0v) is 12.8. The van der Waals surface area contributed by atoms with Gasteiger partial charge in [-0.1, -0.05) is 30.3 Å². The van der Waals surface area contributed by atoms with E-state index in [-0.39, 0.29) is 5.91 Å². The summed E-state index contributed by atoms with van der Waals surface area (Å²) in [5.41, 5.74) is 2.04. The van der Waals surface area contributed by atoms with Gasteiger partial charge in [-0.3, -0.25) is 10.1 Å². The van der Waals surface area contributed by atoms with E-state index in [4.69, 9.17) is 4.42 Å². The SMILES string of the molecule is CC(=O)Nc1nc(-c2ccccc2)nc2cc(-c3ccco3)nn12. The number of hydrogen-bond donors (Lipinski definition) is 1. The van der Waals surface area contributed by atoms with Crippen LogP contribution >= 0.6 is 0 Å². The number of benzene rings is 1. The van der Waals surface area contributed by atoms with E-state index in [1.807, 2.05) is 36.4 Å². The van der Waals surface area contributed by atoms with E-state index in [9.17, 15) is 4.79 Å². The Morgan fingerprint density at radius 1 is 1.12 bits per heavy atom. The number of nitrogens with one attached hydrogen (secondary N) is 1. The first kappa shape index (κ1) is 14.1. The van der Waals surface area contributed by atoms with Gasteiger partial charge in [0.15, 0.2) is 17.2 Å². The van der Waals surface area contributed by atoms with Crippen LogP contribution < -0.4 is 5.32 Å². The molecule has 3 aromatic heterocycles. The quantitative estimate of drug-likeness (QED) is 0.627. The second-order valence-electron chi connectivity index (χ2n) is 5.19. The standard InChI is InChI=1S/C17H13N5O2/c1-11(23)18-17-20-16(12-6-3-2-4-7-12)19-15-10-13(21-22(15)17)14-8-5-9-24-14/h2-10H,1H3,(H,18,19,20,23). The number of rotatable bonds is 3. The normalized spacial score (nSPS) is 10.9. The summed E-state index contributed by atoms with van der Waals surface area (Å²) in [6.45, 7) is 1.42. The van der Waals surface area contributed by atoms with Crippen molar-refractivity contribution in [2.45, 2.75) is 6.92 Å². The molecule has 0 aliphatic carbocycles. The van der Waals surface area contributed by atoms with Crippen LogP contribution in [0.1, 0.15) is 6.92 Å². The molecule has 1 aromatic carbocycles. The van der Waals surface area contributed by atoms with E-state index in [1.165, 1.54) is 11.4 Å². The van der Waals surface area contributed by atoms with Crippen molar-refractivity contribution in [2.24, 2.45) is 0 Å². The third-order valence-electron chi connectivity index (χ3n) is 3.42. The van der Waals surface area contributed by atoms with Gasteiger partial charge in [0.05, 0.1) is 6.26 Å². The first-order valence-corrected chi connectivity index (χ1v) is 7.35. The molecular formula is C17H13N5O2. The molecule has 118 valence electrons. The number of aromatic nitrogens is 4. The fraction of sp³-hybridized carbons (Fsp3) is 0.0588. The van der Waals surface area contributed by atoms with Crippen LogP contribution in [-0.4, -0.2) is 25.5 Å². The Balaban J connectivity index is 1.92. The van der Waals surface area contributed by atoms with Crippen molar-refractivity contribution in [2.75, 3.05) is 5.32 Å². The van der Waals surface area contributed by atoms with Gasteiger partial charge >= 0.3 is 0 Å². The molecule has 0 bridgehead atoms. The molecule has 1 N–H and O–H groups in total. The molecule has 0 radical (unpaired) electrons. The first-order valence-electron chi connectivity index (χ1n) is 7.35. The number of anilines is 1. The lowest BCUT2D eigenvalue weighted by Gasteiger charge is -2.06. The Morgan fingerprint density at radius 3 is 2.67 bits per heavy atom. The molecule has 0 atom stereocenters. The molecule has 24 heavy (non-hydrogen) atoms. The average Bonchev–Trinajstić information content (AvgIpc) is 3.24. The Hall–Kier alpha value is -3.48. The Morgan fingerprint density at radius 2 is 1.96 bits per heavy atom. The molecule has 0 saturated carbocycles. The van der Waals surface area contributed by atoms with Gasteiger partial charge in [-0.2, -0.15) is 14.6 Å². The van der Waals surface area contributed by atoms with Crippen LogP contribution in [-0.2, 0) is 4.79 Å². The fourth-order valence-corrected chi connectivity index (χ4v) is 2.39. The fourth-order valence-electron chi connectivity index (χ4n) is 2.39. The zero-order chi connectivity index (χ0) is 16.5. The highest BCUT2D eigenvalue weighted by molar-refractivity contribution is 5.87. The maximum Gasteiger partial charge on any atom is 0.234 e. The van der Waals surface area contributed by atoms with Crippen molar-refractivity contribution in [1.29, 1.82) is 0 Å². The summed E-state index contributed by atoms with van der Waals surface area (Å²) in [4.78, 5) is 20.5. The second kappa shape index (κ2) is 5.62. The Labute approximate surface area is 137 Å². The predicted molar refractivity (Wildman–Crippen MR) is 88.2 cm³/mol. The van der Waals surface area contributed by atoms with Crippen molar-refractivity contribution >= 4 is 17.5 Å². The highest BCUT2D eigenvalue weighted by Gasteiger charge is 2.15. The van der Waals surface area contributed by atoms with Gasteiger partial charge in [0.2, 0.25) is 11.9 Å². The monoisotopic (exact) mass is 319 g/mol. The van der Waals surface area contributed by atoms with Crippen LogP contribution in [0.15, 0.2) is 59.2 Å². The van der Waals surface area contributed by atoms with E-state index in [1.54, 1.807) is 18.4 Å². The summed E-state index contributed by atoms with van der Waals surface area (Å²) in [5, 5.41) is 7.12. The van der Waals surface area contributed by atoms with Gasteiger partial charge in [0.25, 0.3) is 0 Å². The molecule has 0 unspecified atom stereocenters. The molecule has 4 rings (SSSR count). The van der Waals surface area contributed by atoms with Gasteiger partial charge in [0.1, 0.15) is 5.69 Å². The van der Waals surface area contributed by atoms with Gasteiger partial charge in [-0.15, -0.1) is 0 Å². The lowest BCUT2D eigenvalue weighted by atomic mass is 10.2. The second-order valence-corrected chi connectivity index (χ2v) is 5.19. The van der Waals surface area contributed by atoms with Crippen molar-refractivity contribution < 1.29 is 9.21 Å². The molecule has 0 aliphatic rings. The van der Waals surface area contributed by atoms with Crippen molar-refractivity contribution in [1.82, 2.24) is 19.6 Å². The summed E-state index contributed by atoms with van der Waals surface area (Å²) < 4.78 is 6.87. The van der Waals surface area contributed by atoms with E-state index in [0.29, 0.717) is 28.9 Å². The summed E-state index contributed by atoms with van der Waals surface area (Å²) in [6, 6.07) is 14.9. The van der Waals surface area contributed by atoms with Crippen LogP contribution in [0, 0.1) is 0 Å². The topological polar surface area (TPSA) is 85.3 Å². The average molecular weight is 319 g/mol. The molecule has 1 amide bonds. The number of amides is 1. The van der Waals surface area contributed by atoms with Crippen LogP contribution in [0.3, 0.4) is 0 Å². The smallest absolute Gasteiger partial charge is 0.234 e. The van der Waals surface area contributed by atoms with Crippen LogP contribution in [0.25, 0.3) is 28.5 Å². The number of nitrogens with zero attached hydrogens (tertiary/aromatic N) is 4. The molecule has 7 heteroatoms.